The monoisotopic (exact) mass is 385 g/mol. The first-order valence-corrected chi connectivity index (χ1v) is 9.34. The van der Waals surface area contributed by atoms with E-state index in [1.54, 1.807) is 11.8 Å². The zero-order valence-corrected chi connectivity index (χ0v) is 17.1. The zero-order valence-electron chi connectivity index (χ0n) is 17.1. The first-order valence-electron chi connectivity index (χ1n) is 9.34. The molecule has 2 aromatic rings. The summed E-state index contributed by atoms with van der Waals surface area (Å²) in [7, 11) is 1.52. The van der Waals surface area contributed by atoms with Crippen molar-refractivity contribution in [1.29, 1.82) is 0 Å². The molecule has 0 fully saturated rings. The van der Waals surface area contributed by atoms with E-state index in [0.717, 1.165) is 16.5 Å². The Balaban J connectivity index is 2.05. The molecule has 0 aliphatic heterocycles. The summed E-state index contributed by atoms with van der Waals surface area (Å²) in [6.45, 7) is 8.04. The number of amides is 2. The Morgan fingerprint density at radius 1 is 1.04 bits per heavy atom. The maximum Gasteiger partial charge on any atom is 0.340 e. The number of hydrogen-bond acceptors (Lipinski definition) is 5. The van der Waals surface area contributed by atoms with E-state index in [-0.39, 0.29) is 12.5 Å². The van der Waals surface area contributed by atoms with E-state index in [1.807, 2.05) is 45.0 Å². The van der Waals surface area contributed by atoms with Gasteiger partial charge in [0.05, 0.1) is 23.3 Å². The number of nitrogens with zero attached hydrogens (tertiary/aromatic N) is 3. The van der Waals surface area contributed by atoms with Gasteiger partial charge < -0.3 is 14.5 Å². The molecule has 1 aromatic heterocycles. The lowest BCUT2D eigenvalue weighted by atomic mass is 10.0. The van der Waals surface area contributed by atoms with Gasteiger partial charge in [0.25, 0.3) is 5.91 Å². The summed E-state index contributed by atoms with van der Waals surface area (Å²) in [6.07, 6.45) is 0. The van der Waals surface area contributed by atoms with Crippen molar-refractivity contribution in [2.75, 3.05) is 33.3 Å². The second-order valence-corrected chi connectivity index (χ2v) is 6.61. The Bertz CT molecular complexity index is 891. The number of carbonyl (C=O) groups is 3. The van der Waals surface area contributed by atoms with Crippen LogP contribution in [0.25, 0.3) is 10.9 Å². The molecule has 7 heteroatoms. The van der Waals surface area contributed by atoms with Gasteiger partial charge in [0.1, 0.15) is 0 Å². The van der Waals surface area contributed by atoms with Gasteiger partial charge in [-0.2, -0.15) is 0 Å². The van der Waals surface area contributed by atoms with Crippen LogP contribution in [0.2, 0.25) is 0 Å². The standard InChI is InChI=1S/C21H27N3O4/c1-6-24(7-2)18(25)12-23(5)19(26)13-28-21(27)20-14(3)16-10-8-9-11-17(16)22-15(20)4/h8-11H,6-7,12-13H2,1-5H3. The quantitative estimate of drug-likeness (QED) is 0.684. The summed E-state index contributed by atoms with van der Waals surface area (Å²) in [5.74, 6) is -1.17. The van der Waals surface area contributed by atoms with Crippen LogP contribution in [0.5, 0.6) is 0 Å². The number of fused-ring (bicyclic) bond motifs is 1. The van der Waals surface area contributed by atoms with Gasteiger partial charge in [0.15, 0.2) is 6.61 Å². The molecule has 2 rings (SSSR count). The van der Waals surface area contributed by atoms with Gasteiger partial charge in [-0.3, -0.25) is 14.6 Å². The van der Waals surface area contributed by atoms with E-state index >= 15 is 0 Å². The first-order chi connectivity index (χ1) is 13.3. The summed E-state index contributed by atoms with van der Waals surface area (Å²) >= 11 is 0. The average molecular weight is 385 g/mol. The minimum Gasteiger partial charge on any atom is -0.452 e. The van der Waals surface area contributed by atoms with Crippen LogP contribution in [-0.4, -0.2) is 65.9 Å². The van der Waals surface area contributed by atoms with Crippen LogP contribution in [-0.2, 0) is 14.3 Å². The fourth-order valence-electron chi connectivity index (χ4n) is 3.11. The molecule has 0 radical (unpaired) electrons. The Labute approximate surface area is 165 Å². The summed E-state index contributed by atoms with van der Waals surface area (Å²) < 4.78 is 5.22. The lowest BCUT2D eigenvalue weighted by Crippen LogP contribution is -2.42. The van der Waals surface area contributed by atoms with Crippen LogP contribution in [0.15, 0.2) is 24.3 Å². The Kier molecular flexibility index (Phi) is 7.09. The number of aromatic nitrogens is 1. The number of likely N-dealkylation sites (N-methyl/N-ethyl adjacent to an activating group) is 2. The van der Waals surface area contributed by atoms with Crippen LogP contribution in [0.1, 0.15) is 35.5 Å². The smallest absolute Gasteiger partial charge is 0.340 e. The summed E-state index contributed by atoms with van der Waals surface area (Å²) in [5.41, 5.74) is 2.50. The molecule has 0 aliphatic carbocycles. The average Bonchev–Trinajstić information content (AvgIpc) is 2.66. The molecule has 0 saturated carbocycles. The van der Waals surface area contributed by atoms with Crippen molar-refractivity contribution in [3.8, 4) is 0 Å². The van der Waals surface area contributed by atoms with Gasteiger partial charge in [-0.25, -0.2) is 4.79 Å². The van der Waals surface area contributed by atoms with Crippen molar-refractivity contribution >= 4 is 28.7 Å². The largest absolute Gasteiger partial charge is 0.452 e. The molecule has 0 N–H and O–H groups in total. The van der Waals surface area contributed by atoms with Crippen molar-refractivity contribution in [2.24, 2.45) is 0 Å². The maximum absolute atomic E-state index is 12.6. The molecule has 0 atom stereocenters. The molecule has 150 valence electrons. The van der Waals surface area contributed by atoms with E-state index in [1.165, 1.54) is 11.9 Å². The zero-order chi connectivity index (χ0) is 20.8. The van der Waals surface area contributed by atoms with Crippen molar-refractivity contribution < 1.29 is 19.1 Å². The molecule has 0 unspecified atom stereocenters. The molecule has 0 saturated heterocycles. The maximum atomic E-state index is 12.6. The highest BCUT2D eigenvalue weighted by atomic mass is 16.5. The third-order valence-corrected chi connectivity index (χ3v) is 4.78. The van der Waals surface area contributed by atoms with Crippen molar-refractivity contribution in [3.63, 3.8) is 0 Å². The number of ether oxygens (including phenoxy) is 1. The Morgan fingerprint density at radius 3 is 2.32 bits per heavy atom. The van der Waals surface area contributed by atoms with Crippen molar-refractivity contribution in [1.82, 2.24) is 14.8 Å². The SMILES string of the molecule is CCN(CC)C(=O)CN(C)C(=O)COC(=O)c1c(C)nc2ccccc2c1C. The molecule has 0 aliphatic rings. The molecule has 1 heterocycles. The van der Waals surface area contributed by atoms with E-state index < -0.39 is 18.5 Å². The van der Waals surface area contributed by atoms with Crippen LogP contribution >= 0.6 is 0 Å². The number of hydrogen-bond donors (Lipinski definition) is 0. The molecular formula is C21H27N3O4. The fourth-order valence-corrected chi connectivity index (χ4v) is 3.11. The Morgan fingerprint density at radius 2 is 1.68 bits per heavy atom. The number of para-hydroxylation sites is 1. The number of esters is 1. The van der Waals surface area contributed by atoms with Crippen LogP contribution in [0.3, 0.4) is 0 Å². The summed E-state index contributed by atoms with van der Waals surface area (Å²) in [6, 6.07) is 7.55. The van der Waals surface area contributed by atoms with E-state index in [4.69, 9.17) is 4.74 Å². The molecule has 28 heavy (non-hydrogen) atoms. The first kappa shape index (κ1) is 21.3. The fraction of sp³-hybridized carbons (Fsp3) is 0.429. The topological polar surface area (TPSA) is 79.8 Å². The van der Waals surface area contributed by atoms with E-state index in [2.05, 4.69) is 4.98 Å². The van der Waals surface area contributed by atoms with Crippen LogP contribution in [0, 0.1) is 13.8 Å². The highest BCUT2D eigenvalue weighted by Gasteiger charge is 2.21. The lowest BCUT2D eigenvalue weighted by Gasteiger charge is -2.23. The number of benzene rings is 1. The van der Waals surface area contributed by atoms with Gasteiger partial charge >= 0.3 is 5.97 Å². The third kappa shape index (κ3) is 4.65. The van der Waals surface area contributed by atoms with E-state index in [9.17, 15) is 14.4 Å². The number of aryl methyl sites for hydroxylation is 2. The molecule has 1 aromatic carbocycles. The highest BCUT2D eigenvalue weighted by molar-refractivity contribution is 5.99. The minimum atomic E-state index is -0.593. The normalized spacial score (nSPS) is 10.6. The lowest BCUT2D eigenvalue weighted by molar-refractivity contribution is -0.140. The summed E-state index contributed by atoms with van der Waals surface area (Å²) in [5, 5.41) is 0.869. The van der Waals surface area contributed by atoms with Crippen LogP contribution < -0.4 is 0 Å². The third-order valence-electron chi connectivity index (χ3n) is 4.78. The predicted octanol–water partition coefficient (Wildman–Crippen LogP) is 2.34. The molecule has 0 spiro atoms. The number of rotatable bonds is 7. The second kappa shape index (κ2) is 9.30. The second-order valence-electron chi connectivity index (χ2n) is 6.61. The minimum absolute atomic E-state index is 0.0480. The number of pyridine rings is 1. The number of carbonyl (C=O) groups excluding carboxylic acids is 3. The van der Waals surface area contributed by atoms with Crippen molar-refractivity contribution in [3.05, 3.63) is 41.1 Å². The van der Waals surface area contributed by atoms with Gasteiger partial charge in [-0.15, -0.1) is 0 Å². The predicted molar refractivity (Wildman–Crippen MR) is 107 cm³/mol. The van der Waals surface area contributed by atoms with Crippen LogP contribution in [0.4, 0.5) is 0 Å². The molecule has 2 amide bonds. The van der Waals surface area contributed by atoms with E-state index in [0.29, 0.717) is 24.3 Å². The van der Waals surface area contributed by atoms with Gasteiger partial charge in [-0.05, 0) is 39.3 Å². The van der Waals surface area contributed by atoms with Gasteiger partial charge in [0, 0.05) is 25.5 Å². The molecule has 0 bridgehead atoms. The highest BCUT2D eigenvalue weighted by Crippen LogP contribution is 2.23. The molecule has 7 nitrogen and oxygen atoms in total. The van der Waals surface area contributed by atoms with Gasteiger partial charge in [-0.1, -0.05) is 18.2 Å². The van der Waals surface area contributed by atoms with Crippen molar-refractivity contribution in [2.45, 2.75) is 27.7 Å². The summed E-state index contributed by atoms with van der Waals surface area (Å²) in [4.78, 5) is 44.3. The van der Waals surface area contributed by atoms with Gasteiger partial charge in [0.2, 0.25) is 5.91 Å². The Hall–Kier alpha value is -2.96. The molecular weight excluding hydrogens is 358 g/mol.